The van der Waals surface area contributed by atoms with Crippen molar-refractivity contribution in [2.24, 2.45) is 0 Å². The summed E-state index contributed by atoms with van der Waals surface area (Å²) in [5.41, 5.74) is 1.57. The molecule has 0 radical (unpaired) electrons. The lowest BCUT2D eigenvalue weighted by Crippen LogP contribution is -2.49. The minimum Gasteiger partial charge on any atom is -0.365 e. The second-order valence-corrected chi connectivity index (χ2v) is 3.76. The molecule has 4 heteroatoms. The Morgan fingerprint density at radius 3 is 3.07 bits per heavy atom. The SMILES string of the molecule is CC1CNCCN1c1ccc(C#N)nc1. The fraction of sp³-hybridized carbons (Fsp3) is 0.455. The third-order valence-corrected chi connectivity index (χ3v) is 2.70. The van der Waals surface area contributed by atoms with Crippen molar-refractivity contribution in [2.45, 2.75) is 13.0 Å². The van der Waals surface area contributed by atoms with Crippen molar-refractivity contribution in [3.05, 3.63) is 24.0 Å². The van der Waals surface area contributed by atoms with E-state index in [1.807, 2.05) is 12.1 Å². The number of anilines is 1. The van der Waals surface area contributed by atoms with Gasteiger partial charge in [0.2, 0.25) is 0 Å². The van der Waals surface area contributed by atoms with Gasteiger partial charge in [-0.15, -0.1) is 0 Å². The van der Waals surface area contributed by atoms with Gasteiger partial charge in [-0.1, -0.05) is 0 Å². The van der Waals surface area contributed by atoms with Crippen molar-refractivity contribution in [3.63, 3.8) is 0 Å². The molecular weight excluding hydrogens is 188 g/mol. The summed E-state index contributed by atoms with van der Waals surface area (Å²) >= 11 is 0. The highest BCUT2D eigenvalue weighted by Crippen LogP contribution is 2.16. The van der Waals surface area contributed by atoms with Crippen LogP contribution in [0.4, 0.5) is 5.69 Å². The Kier molecular flexibility index (Phi) is 2.84. The lowest BCUT2D eigenvalue weighted by Gasteiger charge is -2.35. The Morgan fingerprint density at radius 2 is 2.47 bits per heavy atom. The summed E-state index contributed by atoms with van der Waals surface area (Å²) in [4.78, 5) is 6.39. The average molecular weight is 202 g/mol. The molecule has 1 fully saturated rings. The van der Waals surface area contributed by atoms with Gasteiger partial charge in [0, 0.05) is 25.7 Å². The fourth-order valence-electron chi connectivity index (χ4n) is 1.85. The van der Waals surface area contributed by atoms with Gasteiger partial charge in [-0.3, -0.25) is 0 Å². The first-order chi connectivity index (χ1) is 7.31. The van der Waals surface area contributed by atoms with Crippen molar-refractivity contribution in [2.75, 3.05) is 24.5 Å². The third-order valence-electron chi connectivity index (χ3n) is 2.70. The first-order valence-electron chi connectivity index (χ1n) is 5.15. The maximum atomic E-state index is 8.65. The Labute approximate surface area is 89.5 Å². The van der Waals surface area contributed by atoms with Gasteiger partial charge in [-0.05, 0) is 19.1 Å². The monoisotopic (exact) mass is 202 g/mol. The van der Waals surface area contributed by atoms with Crippen LogP contribution in [-0.4, -0.2) is 30.7 Å². The molecule has 1 atom stereocenters. The molecule has 2 heterocycles. The van der Waals surface area contributed by atoms with Crippen LogP contribution in [0.1, 0.15) is 12.6 Å². The van der Waals surface area contributed by atoms with Crippen molar-refractivity contribution in [1.29, 1.82) is 5.26 Å². The maximum absolute atomic E-state index is 8.65. The van der Waals surface area contributed by atoms with Gasteiger partial charge in [0.1, 0.15) is 11.8 Å². The average Bonchev–Trinajstić information content (AvgIpc) is 2.30. The van der Waals surface area contributed by atoms with Crippen LogP contribution in [0, 0.1) is 11.3 Å². The minimum absolute atomic E-state index is 0.474. The zero-order chi connectivity index (χ0) is 10.7. The summed E-state index contributed by atoms with van der Waals surface area (Å²) < 4.78 is 0. The first-order valence-corrected chi connectivity index (χ1v) is 5.15. The molecule has 1 aromatic rings. The van der Waals surface area contributed by atoms with Crippen LogP contribution >= 0.6 is 0 Å². The second kappa shape index (κ2) is 4.28. The quantitative estimate of drug-likeness (QED) is 0.730. The number of hydrogen-bond acceptors (Lipinski definition) is 4. The lowest BCUT2D eigenvalue weighted by molar-refractivity contribution is 0.500. The maximum Gasteiger partial charge on any atom is 0.140 e. The number of nitriles is 1. The summed E-state index contributed by atoms with van der Waals surface area (Å²) in [7, 11) is 0. The van der Waals surface area contributed by atoms with Gasteiger partial charge in [0.15, 0.2) is 0 Å². The van der Waals surface area contributed by atoms with Gasteiger partial charge >= 0.3 is 0 Å². The number of piperazine rings is 1. The van der Waals surface area contributed by atoms with Gasteiger partial charge in [0.25, 0.3) is 0 Å². The van der Waals surface area contributed by atoms with Crippen LogP contribution < -0.4 is 10.2 Å². The molecule has 0 saturated carbocycles. The lowest BCUT2D eigenvalue weighted by atomic mass is 10.2. The van der Waals surface area contributed by atoms with E-state index in [1.54, 1.807) is 12.3 Å². The van der Waals surface area contributed by atoms with Crippen molar-refractivity contribution in [3.8, 4) is 6.07 Å². The molecule has 1 aliphatic heterocycles. The minimum atomic E-state index is 0.474. The molecule has 78 valence electrons. The van der Waals surface area contributed by atoms with Crippen LogP contribution in [0.2, 0.25) is 0 Å². The van der Waals surface area contributed by atoms with E-state index in [1.165, 1.54) is 0 Å². The zero-order valence-electron chi connectivity index (χ0n) is 8.77. The van der Waals surface area contributed by atoms with Crippen LogP contribution in [0.5, 0.6) is 0 Å². The van der Waals surface area contributed by atoms with E-state index in [-0.39, 0.29) is 0 Å². The Hall–Kier alpha value is -1.60. The summed E-state index contributed by atoms with van der Waals surface area (Å²) in [6.45, 7) is 5.18. The molecular formula is C11H14N4. The summed E-state index contributed by atoms with van der Waals surface area (Å²) in [5, 5.41) is 12.0. The van der Waals surface area contributed by atoms with E-state index in [2.05, 4.69) is 22.1 Å². The molecule has 15 heavy (non-hydrogen) atoms. The van der Waals surface area contributed by atoms with Crippen LogP contribution in [0.15, 0.2) is 18.3 Å². The second-order valence-electron chi connectivity index (χ2n) is 3.76. The molecule has 1 N–H and O–H groups in total. The highest BCUT2D eigenvalue weighted by atomic mass is 15.2. The number of aromatic nitrogens is 1. The number of nitrogens with one attached hydrogen (secondary N) is 1. The van der Waals surface area contributed by atoms with E-state index in [0.29, 0.717) is 11.7 Å². The molecule has 4 nitrogen and oxygen atoms in total. The van der Waals surface area contributed by atoms with Crippen LogP contribution in [0.25, 0.3) is 0 Å². The molecule has 1 aromatic heterocycles. The van der Waals surface area contributed by atoms with Gasteiger partial charge in [-0.2, -0.15) is 5.26 Å². The molecule has 0 aliphatic carbocycles. The van der Waals surface area contributed by atoms with Crippen molar-refractivity contribution in [1.82, 2.24) is 10.3 Å². The van der Waals surface area contributed by atoms with Gasteiger partial charge < -0.3 is 10.2 Å². The molecule has 1 unspecified atom stereocenters. The molecule has 1 saturated heterocycles. The van der Waals surface area contributed by atoms with Crippen LogP contribution in [-0.2, 0) is 0 Å². The molecule has 1 aliphatic rings. The number of nitrogens with zero attached hydrogens (tertiary/aromatic N) is 3. The summed E-state index contributed by atoms with van der Waals surface area (Å²) in [5.74, 6) is 0. The summed E-state index contributed by atoms with van der Waals surface area (Å²) in [6.07, 6.45) is 1.78. The topological polar surface area (TPSA) is 52.0 Å². The Bertz CT molecular complexity index is 365. The zero-order valence-corrected chi connectivity index (χ0v) is 8.77. The van der Waals surface area contributed by atoms with E-state index in [9.17, 15) is 0 Å². The standard InChI is InChI=1S/C11H14N4/c1-9-7-13-4-5-15(9)11-3-2-10(6-12)14-8-11/h2-3,8-9,13H,4-5,7H2,1H3. The molecule has 0 bridgehead atoms. The predicted molar refractivity (Wildman–Crippen MR) is 58.6 cm³/mol. The molecule has 0 aromatic carbocycles. The van der Waals surface area contributed by atoms with E-state index >= 15 is 0 Å². The molecule has 0 amide bonds. The number of pyridine rings is 1. The van der Waals surface area contributed by atoms with E-state index < -0.39 is 0 Å². The first kappa shape index (κ1) is 9.94. The predicted octanol–water partition coefficient (Wildman–Crippen LogP) is 0.751. The fourth-order valence-corrected chi connectivity index (χ4v) is 1.85. The number of rotatable bonds is 1. The highest BCUT2D eigenvalue weighted by Gasteiger charge is 2.17. The van der Waals surface area contributed by atoms with Crippen LogP contribution in [0.3, 0.4) is 0 Å². The van der Waals surface area contributed by atoms with E-state index in [0.717, 1.165) is 25.3 Å². The highest BCUT2D eigenvalue weighted by molar-refractivity contribution is 5.47. The third kappa shape index (κ3) is 2.08. The van der Waals surface area contributed by atoms with Crippen molar-refractivity contribution < 1.29 is 0 Å². The van der Waals surface area contributed by atoms with Gasteiger partial charge in [0.05, 0.1) is 11.9 Å². The normalized spacial score (nSPS) is 21.1. The van der Waals surface area contributed by atoms with Gasteiger partial charge in [-0.25, -0.2) is 4.98 Å². The molecule has 0 spiro atoms. The molecule has 2 rings (SSSR count). The Morgan fingerprint density at radius 1 is 1.60 bits per heavy atom. The summed E-state index contributed by atoms with van der Waals surface area (Å²) in [6, 6.07) is 6.24. The largest absolute Gasteiger partial charge is 0.365 e. The van der Waals surface area contributed by atoms with E-state index in [4.69, 9.17) is 5.26 Å². The van der Waals surface area contributed by atoms with Crippen molar-refractivity contribution >= 4 is 5.69 Å². The smallest absolute Gasteiger partial charge is 0.140 e. The number of hydrogen-bond donors (Lipinski definition) is 1. The Balaban J connectivity index is 2.18.